The fourth-order valence-corrected chi connectivity index (χ4v) is 7.15. The molecule has 0 saturated heterocycles. The van der Waals surface area contributed by atoms with Crippen LogP contribution < -0.4 is 0 Å². The van der Waals surface area contributed by atoms with E-state index in [-0.39, 0.29) is 22.9 Å². The molecule has 0 amide bonds. The van der Waals surface area contributed by atoms with Gasteiger partial charge in [0.05, 0.1) is 5.92 Å². The van der Waals surface area contributed by atoms with Crippen molar-refractivity contribution in [2.75, 3.05) is 0 Å². The topological polar surface area (TPSA) is 34.1 Å². The lowest BCUT2D eigenvalue weighted by atomic mass is 9.47. The van der Waals surface area contributed by atoms with E-state index in [4.69, 9.17) is 0 Å². The van der Waals surface area contributed by atoms with E-state index in [1.165, 1.54) is 32.1 Å². The van der Waals surface area contributed by atoms with Gasteiger partial charge in [0.2, 0.25) is 0 Å². The molecule has 4 aliphatic carbocycles. The summed E-state index contributed by atoms with van der Waals surface area (Å²) in [6.45, 7) is 6.37. The van der Waals surface area contributed by atoms with Gasteiger partial charge in [-0.3, -0.25) is 9.59 Å². The third-order valence-electron chi connectivity index (χ3n) is 8.32. The Kier molecular flexibility index (Phi) is 3.42. The summed E-state index contributed by atoms with van der Waals surface area (Å²) >= 11 is 0. The molecular weight excluding hydrogens is 284 g/mol. The highest BCUT2D eigenvalue weighted by Gasteiger charge is 2.61. The summed E-state index contributed by atoms with van der Waals surface area (Å²) in [6.07, 6.45) is 13.3. The van der Waals surface area contributed by atoms with Crippen molar-refractivity contribution in [3.8, 4) is 0 Å². The number of carbonyl (C=O) groups is 2. The zero-order chi connectivity index (χ0) is 16.4. The van der Waals surface area contributed by atoms with Crippen molar-refractivity contribution in [3.05, 3.63) is 12.2 Å². The van der Waals surface area contributed by atoms with E-state index in [1.807, 2.05) is 0 Å². The average Bonchev–Trinajstić information content (AvgIpc) is 2.77. The molecule has 3 saturated carbocycles. The minimum Gasteiger partial charge on any atom is -0.299 e. The molecule has 0 heterocycles. The minimum absolute atomic E-state index is 0.0910. The fraction of sp³-hybridized carbons (Fsp3) is 0.810. The van der Waals surface area contributed by atoms with Crippen LogP contribution in [0.2, 0.25) is 0 Å². The molecule has 2 nitrogen and oxygen atoms in total. The molecular formula is C21H30O2. The second kappa shape index (κ2) is 5.04. The Hall–Kier alpha value is -0.920. The maximum atomic E-state index is 12.6. The number of Topliss-reactive ketones (excluding diaryl/α,β-unsaturated/α-hetero) is 2. The number of carbonyl (C=O) groups excluding carboxylic acids is 2. The zero-order valence-corrected chi connectivity index (χ0v) is 14.8. The van der Waals surface area contributed by atoms with Crippen molar-refractivity contribution in [1.29, 1.82) is 0 Å². The minimum atomic E-state index is -0.335. The number of rotatable bonds is 1. The lowest BCUT2D eigenvalue weighted by Gasteiger charge is -2.57. The van der Waals surface area contributed by atoms with E-state index in [9.17, 15) is 9.59 Å². The first-order valence-corrected chi connectivity index (χ1v) is 9.59. The van der Waals surface area contributed by atoms with Crippen LogP contribution in [0.3, 0.4) is 0 Å². The number of hydrogen-bond donors (Lipinski definition) is 0. The number of fused-ring (bicyclic) bond motifs is 5. The van der Waals surface area contributed by atoms with Gasteiger partial charge in [-0.05, 0) is 67.1 Å². The Bertz CT molecular complexity index is 576. The summed E-state index contributed by atoms with van der Waals surface area (Å²) in [5.74, 6) is 2.34. The quantitative estimate of drug-likeness (QED) is 0.524. The zero-order valence-electron chi connectivity index (χ0n) is 14.8. The number of ketones is 2. The third kappa shape index (κ3) is 1.99. The molecule has 3 fully saturated rings. The third-order valence-corrected chi connectivity index (χ3v) is 8.32. The monoisotopic (exact) mass is 314 g/mol. The smallest absolute Gasteiger partial charge is 0.144 e. The van der Waals surface area contributed by atoms with Crippen LogP contribution >= 0.6 is 0 Å². The maximum absolute atomic E-state index is 12.6. The Morgan fingerprint density at radius 1 is 1.04 bits per heavy atom. The van der Waals surface area contributed by atoms with Crippen LogP contribution in [0.25, 0.3) is 0 Å². The van der Waals surface area contributed by atoms with Gasteiger partial charge in [0.1, 0.15) is 11.6 Å². The van der Waals surface area contributed by atoms with Crippen LogP contribution in [0.5, 0.6) is 0 Å². The second-order valence-electron chi connectivity index (χ2n) is 9.29. The van der Waals surface area contributed by atoms with E-state index in [1.54, 1.807) is 6.92 Å². The largest absolute Gasteiger partial charge is 0.299 e. The highest BCUT2D eigenvalue weighted by Crippen LogP contribution is 2.65. The normalized spacial score (nSPS) is 51.8. The number of hydrogen-bond acceptors (Lipinski definition) is 2. The Morgan fingerprint density at radius 2 is 1.83 bits per heavy atom. The Labute approximate surface area is 140 Å². The van der Waals surface area contributed by atoms with Crippen LogP contribution in [0.4, 0.5) is 0 Å². The van der Waals surface area contributed by atoms with Gasteiger partial charge in [-0.1, -0.05) is 38.8 Å². The van der Waals surface area contributed by atoms with E-state index in [0.29, 0.717) is 23.7 Å². The van der Waals surface area contributed by atoms with Crippen molar-refractivity contribution in [2.45, 2.75) is 65.7 Å². The molecule has 7 atom stereocenters. The summed E-state index contributed by atoms with van der Waals surface area (Å²) in [5.41, 5.74) is 0.336. The molecule has 2 heteroatoms. The van der Waals surface area contributed by atoms with E-state index in [0.717, 1.165) is 18.3 Å². The summed E-state index contributed by atoms with van der Waals surface area (Å²) in [5, 5.41) is 0. The highest BCUT2D eigenvalue weighted by molar-refractivity contribution is 6.04. The molecule has 1 unspecified atom stereocenters. The van der Waals surface area contributed by atoms with Gasteiger partial charge in [0.15, 0.2) is 0 Å². The van der Waals surface area contributed by atoms with Crippen LogP contribution in [0.1, 0.15) is 65.7 Å². The molecule has 0 spiro atoms. The average molecular weight is 314 g/mol. The molecule has 0 aliphatic heterocycles. The van der Waals surface area contributed by atoms with Crippen molar-refractivity contribution in [1.82, 2.24) is 0 Å². The number of allylic oxidation sites excluding steroid dienone is 2. The second-order valence-corrected chi connectivity index (χ2v) is 9.29. The van der Waals surface area contributed by atoms with Gasteiger partial charge >= 0.3 is 0 Å². The summed E-state index contributed by atoms with van der Waals surface area (Å²) in [7, 11) is 0. The predicted octanol–water partition coefficient (Wildman–Crippen LogP) is 4.58. The van der Waals surface area contributed by atoms with E-state index in [2.05, 4.69) is 26.0 Å². The van der Waals surface area contributed by atoms with Gasteiger partial charge in [-0.25, -0.2) is 0 Å². The molecule has 0 aromatic rings. The first kappa shape index (κ1) is 15.6. The summed E-state index contributed by atoms with van der Waals surface area (Å²) in [4.78, 5) is 24.7. The van der Waals surface area contributed by atoms with Crippen molar-refractivity contribution < 1.29 is 9.59 Å². The molecule has 0 aromatic carbocycles. The lowest BCUT2D eigenvalue weighted by Crippen LogP contribution is -2.51. The summed E-state index contributed by atoms with van der Waals surface area (Å²) in [6, 6.07) is 0. The van der Waals surface area contributed by atoms with Gasteiger partial charge < -0.3 is 0 Å². The Balaban J connectivity index is 1.72. The SMILES string of the molecule is CC(=O)[C@H]1C(=O)C[C@H]2[C@@H]3C=CC4CCCC[C@]4(C)[C@H]3CC[C@]12C. The van der Waals surface area contributed by atoms with Gasteiger partial charge in [-0.15, -0.1) is 0 Å². The highest BCUT2D eigenvalue weighted by atomic mass is 16.2. The standard InChI is InChI=1S/C21H30O2/c1-13(22)19-18(23)12-17-15-8-7-14-6-4-5-10-20(14,2)16(15)9-11-21(17,19)3/h7-8,14-17,19H,4-6,9-12H2,1-3H3/t14?,15-,16+,17+,19+,20+,21+/m1/s1. The van der Waals surface area contributed by atoms with E-state index >= 15 is 0 Å². The molecule has 23 heavy (non-hydrogen) atoms. The summed E-state index contributed by atoms with van der Waals surface area (Å²) < 4.78 is 0. The molecule has 126 valence electrons. The van der Waals surface area contributed by atoms with Gasteiger partial charge in [-0.2, -0.15) is 0 Å². The van der Waals surface area contributed by atoms with Crippen molar-refractivity contribution in [3.63, 3.8) is 0 Å². The van der Waals surface area contributed by atoms with Crippen LogP contribution in [-0.4, -0.2) is 11.6 Å². The molecule has 0 bridgehead atoms. The van der Waals surface area contributed by atoms with Crippen LogP contribution in [0.15, 0.2) is 12.2 Å². The molecule has 0 radical (unpaired) electrons. The molecule has 4 rings (SSSR count). The van der Waals surface area contributed by atoms with Gasteiger partial charge in [0.25, 0.3) is 0 Å². The van der Waals surface area contributed by atoms with Crippen molar-refractivity contribution in [2.24, 2.45) is 40.4 Å². The first-order valence-electron chi connectivity index (χ1n) is 9.59. The van der Waals surface area contributed by atoms with Crippen molar-refractivity contribution >= 4 is 11.6 Å². The van der Waals surface area contributed by atoms with Crippen LogP contribution in [0, 0.1) is 40.4 Å². The van der Waals surface area contributed by atoms with Crippen LogP contribution in [-0.2, 0) is 9.59 Å². The first-order chi connectivity index (χ1) is 10.9. The Morgan fingerprint density at radius 3 is 2.57 bits per heavy atom. The molecule has 4 aliphatic rings. The molecule has 0 N–H and O–H groups in total. The van der Waals surface area contributed by atoms with Gasteiger partial charge in [0, 0.05) is 6.42 Å². The lowest BCUT2D eigenvalue weighted by molar-refractivity contribution is -0.134. The predicted molar refractivity (Wildman–Crippen MR) is 90.8 cm³/mol. The fourth-order valence-electron chi connectivity index (χ4n) is 7.15. The maximum Gasteiger partial charge on any atom is 0.144 e. The molecule has 0 aromatic heterocycles. The van der Waals surface area contributed by atoms with E-state index < -0.39 is 0 Å².